The summed E-state index contributed by atoms with van der Waals surface area (Å²) >= 11 is 0. The number of para-hydroxylation sites is 4. The molecule has 13 aromatic rings. The first-order valence-electron chi connectivity index (χ1n) is 25.9. The quantitative estimate of drug-likeness (QED) is 0.133. The average Bonchev–Trinajstić information content (AvgIpc) is 4.05. The van der Waals surface area contributed by atoms with E-state index in [2.05, 4.69) is 313 Å². The first-order chi connectivity index (χ1) is 37.2. The van der Waals surface area contributed by atoms with Crippen LogP contribution < -0.4 is 4.90 Å². The predicted molar refractivity (Wildman–Crippen MR) is 315 cm³/mol. The lowest BCUT2D eigenvalue weighted by Crippen LogP contribution is -2.28. The monoisotopic (exact) mass is 954 g/mol. The van der Waals surface area contributed by atoms with E-state index in [1.54, 1.807) is 0 Å². The van der Waals surface area contributed by atoms with Gasteiger partial charge in [0.25, 0.3) is 0 Å². The molecule has 1 heterocycles. The molecule has 14 rings (SSSR count). The molecule has 0 radical (unpaired) electrons. The lowest BCUT2D eigenvalue weighted by molar-refractivity contribution is 0.769. The van der Waals surface area contributed by atoms with Gasteiger partial charge in [-0.2, -0.15) is 0 Å². The maximum absolute atomic E-state index is 2.45. The molecule has 0 aliphatic heterocycles. The minimum Gasteiger partial charge on any atom is -0.310 e. The van der Waals surface area contributed by atoms with Crippen molar-refractivity contribution >= 4 is 38.9 Å². The third-order valence-corrected chi connectivity index (χ3v) is 15.5. The van der Waals surface area contributed by atoms with Gasteiger partial charge in [0.15, 0.2) is 0 Å². The van der Waals surface area contributed by atoms with Crippen LogP contribution in [0.5, 0.6) is 0 Å². The zero-order chi connectivity index (χ0) is 49.7. The molecule has 0 unspecified atom stereocenters. The normalized spacial score (nSPS) is 12.4. The topological polar surface area (TPSA) is 8.17 Å². The van der Waals surface area contributed by atoms with E-state index >= 15 is 0 Å². The molecular formula is C73H50N2. The van der Waals surface area contributed by atoms with Crippen LogP contribution >= 0.6 is 0 Å². The molecule has 0 saturated heterocycles. The van der Waals surface area contributed by atoms with E-state index in [1.807, 2.05) is 0 Å². The highest BCUT2D eigenvalue weighted by atomic mass is 15.1. The number of fused-ring (bicyclic) bond motifs is 6. The van der Waals surface area contributed by atoms with Gasteiger partial charge in [0, 0.05) is 33.3 Å². The summed E-state index contributed by atoms with van der Waals surface area (Å²) in [6.07, 6.45) is 0. The lowest BCUT2D eigenvalue weighted by Gasteiger charge is -2.34. The van der Waals surface area contributed by atoms with Crippen LogP contribution in [-0.4, -0.2) is 4.57 Å². The highest BCUT2D eigenvalue weighted by molar-refractivity contribution is 6.09. The van der Waals surface area contributed by atoms with Gasteiger partial charge in [-0.15, -0.1) is 0 Å². The van der Waals surface area contributed by atoms with E-state index in [1.165, 1.54) is 99.8 Å². The Balaban J connectivity index is 0.828. The second kappa shape index (κ2) is 18.4. The number of hydrogen-bond acceptors (Lipinski definition) is 1. The largest absolute Gasteiger partial charge is 0.310 e. The number of hydrogen-bond donors (Lipinski definition) is 0. The van der Waals surface area contributed by atoms with Crippen molar-refractivity contribution < 1.29 is 0 Å². The number of aromatic nitrogens is 1. The minimum atomic E-state index is -0.462. The van der Waals surface area contributed by atoms with Gasteiger partial charge in [-0.05, 0) is 121 Å². The van der Waals surface area contributed by atoms with Crippen LogP contribution in [0.3, 0.4) is 0 Å². The molecule has 0 spiro atoms. The number of rotatable bonds is 10. The van der Waals surface area contributed by atoms with Crippen molar-refractivity contribution in [1.29, 1.82) is 0 Å². The van der Waals surface area contributed by atoms with Crippen molar-refractivity contribution in [3.63, 3.8) is 0 Å². The van der Waals surface area contributed by atoms with Gasteiger partial charge in [-0.3, -0.25) is 0 Å². The van der Waals surface area contributed by atoms with Crippen molar-refractivity contribution in [3.05, 3.63) is 326 Å². The Morgan fingerprint density at radius 2 is 0.680 bits per heavy atom. The Morgan fingerprint density at radius 3 is 1.29 bits per heavy atom. The fraction of sp³-hybridized carbons (Fsp3) is 0.0137. The molecule has 75 heavy (non-hydrogen) atoms. The maximum atomic E-state index is 2.45. The van der Waals surface area contributed by atoms with Gasteiger partial charge in [-0.25, -0.2) is 0 Å². The van der Waals surface area contributed by atoms with Crippen LogP contribution in [0.15, 0.2) is 303 Å². The average molecular weight is 955 g/mol. The third-order valence-electron chi connectivity index (χ3n) is 15.5. The molecule has 352 valence electrons. The zero-order valence-corrected chi connectivity index (χ0v) is 41.3. The van der Waals surface area contributed by atoms with E-state index < -0.39 is 5.41 Å². The lowest BCUT2D eigenvalue weighted by atomic mass is 9.67. The zero-order valence-electron chi connectivity index (χ0n) is 41.3. The molecule has 1 aliphatic rings. The molecule has 0 atom stereocenters. The van der Waals surface area contributed by atoms with E-state index in [-0.39, 0.29) is 0 Å². The molecule has 1 aliphatic carbocycles. The van der Waals surface area contributed by atoms with Gasteiger partial charge in [-0.1, -0.05) is 249 Å². The highest BCUT2D eigenvalue weighted by Crippen LogP contribution is 2.57. The minimum absolute atomic E-state index is 0.462. The van der Waals surface area contributed by atoms with Gasteiger partial charge in [0.1, 0.15) is 0 Å². The molecule has 12 aromatic carbocycles. The van der Waals surface area contributed by atoms with E-state index in [0.29, 0.717) is 0 Å². The van der Waals surface area contributed by atoms with Crippen molar-refractivity contribution in [2.45, 2.75) is 5.41 Å². The molecular weight excluding hydrogens is 905 g/mol. The third kappa shape index (κ3) is 7.33. The highest BCUT2D eigenvalue weighted by Gasteiger charge is 2.46. The van der Waals surface area contributed by atoms with Crippen molar-refractivity contribution in [1.82, 2.24) is 4.57 Å². The first kappa shape index (κ1) is 44.0. The number of anilines is 3. The van der Waals surface area contributed by atoms with Gasteiger partial charge >= 0.3 is 0 Å². The summed E-state index contributed by atoms with van der Waals surface area (Å²) in [4.78, 5) is 2.40. The molecule has 0 bridgehead atoms. The molecule has 0 saturated carbocycles. The molecule has 1 aromatic heterocycles. The summed E-state index contributed by atoms with van der Waals surface area (Å²) in [5, 5.41) is 2.52. The van der Waals surface area contributed by atoms with Crippen LogP contribution in [0.4, 0.5) is 17.1 Å². The summed E-state index contributed by atoms with van der Waals surface area (Å²) < 4.78 is 2.41. The Hall–Kier alpha value is -9.76. The van der Waals surface area contributed by atoms with E-state index in [0.717, 1.165) is 22.6 Å². The van der Waals surface area contributed by atoms with Crippen LogP contribution in [0.1, 0.15) is 22.3 Å². The van der Waals surface area contributed by atoms with E-state index in [9.17, 15) is 0 Å². The smallest absolute Gasteiger partial charge is 0.0713 e. The van der Waals surface area contributed by atoms with Crippen LogP contribution in [-0.2, 0) is 5.41 Å². The SMILES string of the molecule is c1ccc(-c2ccccc2N(c2ccc(-c3ccc(-c4ccccc4-n4c5ccccc5c5ccccc54)cc3)cc2)c2ccc(-c3ccc4c(c3)C(c3ccccc3)(c3ccccc3)c3ccccc3-4)cc2)cc1. The fourth-order valence-electron chi connectivity index (χ4n) is 12.1. The van der Waals surface area contributed by atoms with Crippen LogP contribution in [0.2, 0.25) is 0 Å². The Labute approximate surface area is 438 Å². The molecule has 0 amide bonds. The number of benzene rings is 12. The second-order valence-electron chi connectivity index (χ2n) is 19.6. The van der Waals surface area contributed by atoms with Gasteiger partial charge in [0.05, 0.1) is 27.8 Å². The predicted octanol–water partition coefficient (Wildman–Crippen LogP) is 19.3. The fourth-order valence-corrected chi connectivity index (χ4v) is 12.1. The summed E-state index contributed by atoms with van der Waals surface area (Å²) in [6.45, 7) is 0. The first-order valence-corrected chi connectivity index (χ1v) is 25.9. The molecule has 0 N–H and O–H groups in total. The van der Waals surface area contributed by atoms with Crippen molar-refractivity contribution in [3.8, 4) is 61.3 Å². The van der Waals surface area contributed by atoms with Crippen molar-refractivity contribution in [2.75, 3.05) is 4.90 Å². The van der Waals surface area contributed by atoms with Crippen LogP contribution in [0.25, 0.3) is 83.1 Å². The second-order valence-corrected chi connectivity index (χ2v) is 19.6. The molecule has 0 fully saturated rings. The Kier molecular flexibility index (Phi) is 10.8. The summed E-state index contributed by atoms with van der Waals surface area (Å²) in [5.74, 6) is 0. The number of nitrogens with zero attached hydrogens (tertiary/aromatic N) is 2. The van der Waals surface area contributed by atoms with Gasteiger partial charge in [0.2, 0.25) is 0 Å². The molecule has 2 heteroatoms. The standard InChI is InChI=1S/C73H50N2/c1-4-20-54(21-5-1)61-26-11-16-32-69(61)74(59-45-40-52(41-46-59)51-36-38-55(39-37-51)62-27-12-17-33-70(62)75-71-34-18-13-29-65(71)66-30-14-19-35-72(66)75)60-47-42-53(43-48-60)56-44-49-64-63-28-10-15-31-67(63)73(68(64)50-56,57-22-6-2-7-23-57)58-24-8-3-9-25-58/h1-50H. The Bertz CT molecular complexity index is 4100. The maximum Gasteiger partial charge on any atom is 0.0713 e. The van der Waals surface area contributed by atoms with E-state index in [4.69, 9.17) is 0 Å². The van der Waals surface area contributed by atoms with Crippen molar-refractivity contribution in [2.24, 2.45) is 0 Å². The molecule has 2 nitrogen and oxygen atoms in total. The summed E-state index contributed by atoms with van der Waals surface area (Å²) in [6, 6.07) is 111. The summed E-state index contributed by atoms with van der Waals surface area (Å²) in [7, 11) is 0. The summed E-state index contributed by atoms with van der Waals surface area (Å²) in [5.41, 5.74) is 23.5. The van der Waals surface area contributed by atoms with Crippen LogP contribution in [0, 0.1) is 0 Å². The van der Waals surface area contributed by atoms with Gasteiger partial charge < -0.3 is 9.47 Å². The Morgan fingerprint density at radius 1 is 0.267 bits per heavy atom.